The molecule has 1 aromatic heterocycles. The third-order valence-corrected chi connectivity index (χ3v) is 2.42. The Bertz CT molecular complexity index is 456. The first-order valence-electron chi connectivity index (χ1n) is 4.50. The summed E-state index contributed by atoms with van der Waals surface area (Å²) in [4.78, 5) is 21.3. The number of hydrogen-bond acceptors (Lipinski definition) is 4. The maximum absolute atomic E-state index is 10.7. The summed E-state index contributed by atoms with van der Waals surface area (Å²) in [7, 11) is 0. The molecule has 84 valence electrons. The molecule has 0 saturated heterocycles. The molecule has 0 fully saturated rings. The summed E-state index contributed by atoms with van der Waals surface area (Å²) in [6, 6.07) is 0. The fraction of sp³-hybridized carbons (Fsp3) is 0.300. The number of nitrogens with one attached hydrogen (secondary N) is 1. The molecule has 0 atom stereocenters. The van der Waals surface area contributed by atoms with E-state index in [9.17, 15) is 9.59 Å². The van der Waals surface area contributed by atoms with E-state index in [0.717, 1.165) is 0 Å². The van der Waals surface area contributed by atoms with Gasteiger partial charge in [-0.3, -0.25) is 9.89 Å². The molecule has 0 radical (unpaired) electrons. The molecule has 0 saturated carbocycles. The number of aromatic carboxylic acids is 1. The van der Waals surface area contributed by atoms with Crippen molar-refractivity contribution in [2.75, 3.05) is 5.75 Å². The Hall–Kier alpha value is -1.74. The van der Waals surface area contributed by atoms with Gasteiger partial charge in [-0.2, -0.15) is 5.10 Å². The van der Waals surface area contributed by atoms with E-state index in [1.165, 1.54) is 24.9 Å². The largest absolute Gasteiger partial charge is 0.476 e. The molecule has 6 heteroatoms. The zero-order valence-corrected chi connectivity index (χ0v) is 9.43. The summed E-state index contributed by atoms with van der Waals surface area (Å²) in [5.41, 5.74) is 0.354. The first kappa shape index (κ1) is 12.3. The molecule has 0 aliphatic heterocycles. The third-order valence-electron chi connectivity index (χ3n) is 1.61. The number of aromatic nitrogens is 2. The van der Waals surface area contributed by atoms with Gasteiger partial charge < -0.3 is 5.11 Å². The second-order valence-corrected chi connectivity index (χ2v) is 4.13. The highest BCUT2D eigenvalue weighted by atomic mass is 32.2. The summed E-state index contributed by atoms with van der Waals surface area (Å²) >= 11 is 1.20. The standard InChI is InChI=1S/C10H10N2O3S/c1-7(13)16-5-3-2-4-8-6-11-12-9(8)10(14)15/h6H,3,5H2,1H3,(H,11,12)(H,14,15). The molecule has 0 bridgehead atoms. The van der Waals surface area contributed by atoms with Crippen LogP contribution in [-0.4, -0.2) is 32.1 Å². The summed E-state index contributed by atoms with van der Waals surface area (Å²) < 4.78 is 0. The van der Waals surface area contributed by atoms with Gasteiger partial charge in [0.2, 0.25) is 0 Å². The van der Waals surface area contributed by atoms with Crippen molar-refractivity contribution in [3.05, 3.63) is 17.5 Å². The predicted molar refractivity (Wildman–Crippen MR) is 60.2 cm³/mol. The molecule has 0 aliphatic carbocycles. The van der Waals surface area contributed by atoms with Gasteiger partial charge in [0.1, 0.15) is 0 Å². The number of thioether (sulfide) groups is 1. The zero-order valence-electron chi connectivity index (χ0n) is 8.61. The van der Waals surface area contributed by atoms with Crippen molar-refractivity contribution in [3.8, 4) is 11.8 Å². The summed E-state index contributed by atoms with van der Waals surface area (Å²) in [6.45, 7) is 1.50. The highest BCUT2D eigenvalue weighted by Crippen LogP contribution is 2.04. The highest BCUT2D eigenvalue weighted by Gasteiger charge is 2.09. The van der Waals surface area contributed by atoms with Crippen LogP contribution in [0.25, 0.3) is 0 Å². The lowest BCUT2D eigenvalue weighted by Gasteiger charge is -1.89. The number of carboxylic acid groups (broad SMARTS) is 1. The average Bonchev–Trinajstić information content (AvgIpc) is 2.65. The minimum atomic E-state index is -1.08. The summed E-state index contributed by atoms with van der Waals surface area (Å²) in [5.74, 6) is 5.02. The lowest BCUT2D eigenvalue weighted by molar-refractivity contribution is -0.109. The monoisotopic (exact) mass is 238 g/mol. The summed E-state index contributed by atoms with van der Waals surface area (Å²) in [6.07, 6.45) is 1.91. The second kappa shape index (κ2) is 5.98. The lowest BCUT2D eigenvalue weighted by Crippen LogP contribution is -1.99. The third kappa shape index (κ3) is 3.79. The van der Waals surface area contributed by atoms with Gasteiger partial charge in [0.05, 0.1) is 11.8 Å². The lowest BCUT2D eigenvalue weighted by atomic mass is 10.2. The summed E-state index contributed by atoms with van der Waals surface area (Å²) in [5, 5.41) is 14.8. The van der Waals surface area contributed by atoms with Crippen LogP contribution in [0.1, 0.15) is 29.4 Å². The molecule has 1 heterocycles. The average molecular weight is 238 g/mol. The highest BCUT2D eigenvalue weighted by molar-refractivity contribution is 8.13. The van der Waals surface area contributed by atoms with E-state index in [4.69, 9.17) is 5.11 Å². The predicted octanol–water partition coefficient (Wildman–Crippen LogP) is 1.13. The zero-order chi connectivity index (χ0) is 12.0. The van der Waals surface area contributed by atoms with Crippen LogP contribution in [0.3, 0.4) is 0 Å². The maximum Gasteiger partial charge on any atom is 0.355 e. The van der Waals surface area contributed by atoms with Gasteiger partial charge in [0.15, 0.2) is 10.8 Å². The number of H-pyrrole nitrogens is 1. The first-order chi connectivity index (χ1) is 7.61. The van der Waals surface area contributed by atoms with Gasteiger partial charge >= 0.3 is 5.97 Å². The van der Waals surface area contributed by atoms with Crippen molar-refractivity contribution >= 4 is 22.8 Å². The van der Waals surface area contributed by atoms with Gasteiger partial charge in [0.25, 0.3) is 0 Å². The Morgan fingerprint density at radius 2 is 2.38 bits per heavy atom. The SMILES string of the molecule is CC(=O)SCCC#Cc1cn[nH]c1C(=O)O. The topological polar surface area (TPSA) is 83.0 Å². The smallest absolute Gasteiger partial charge is 0.355 e. The quantitative estimate of drug-likeness (QED) is 0.609. The van der Waals surface area contributed by atoms with Crippen molar-refractivity contribution in [2.45, 2.75) is 13.3 Å². The number of rotatable bonds is 3. The number of nitrogens with zero attached hydrogens (tertiary/aromatic N) is 1. The van der Waals surface area contributed by atoms with E-state index in [1.807, 2.05) is 0 Å². The van der Waals surface area contributed by atoms with Gasteiger partial charge in [-0.15, -0.1) is 0 Å². The fourth-order valence-corrected chi connectivity index (χ4v) is 1.44. The minimum Gasteiger partial charge on any atom is -0.476 e. The fourth-order valence-electron chi connectivity index (χ4n) is 0.947. The van der Waals surface area contributed by atoms with Gasteiger partial charge in [0, 0.05) is 19.1 Å². The molecule has 1 aromatic rings. The van der Waals surface area contributed by atoms with Crippen LogP contribution >= 0.6 is 11.8 Å². The molecular formula is C10H10N2O3S. The molecule has 2 N–H and O–H groups in total. The normalized spacial score (nSPS) is 9.31. The van der Waals surface area contributed by atoms with Crippen LogP contribution in [0, 0.1) is 11.8 Å². The molecule has 0 spiro atoms. The Morgan fingerprint density at radius 1 is 1.62 bits per heavy atom. The number of hydrogen-bond donors (Lipinski definition) is 2. The molecule has 5 nitrogen and oxygen atoms in total. The van der Waals surface area contributed by atoms with Gasteiger partial charge in [-0.1, -0.05) is 23.6 Å². The number of carbonyl (C=O) groups is 2. The van der Waals surface area contributed by atoms with Crippen LogP contribution < -0.4 is 0 Å². The molecular weight excluding hydrogens is 228 g/mol. The molecule has 16 heavy (non-hydrogen) atoms. The second-order valence-electron chi connectivity index (χ2n) is 2.86. The maximum atomic E-state index is 10.7. The van der Waals surface area contributed by atoms with Crippen LogP contribution in [0.5, 0.6) is 0 Å². The van der Waals surface area contributed by atoms with Crippen molar-refractivity contribution in [3.63, 3.8) is 0 Å². The van der Waals surface area contributed by atoms with Crippen LogP contribution in [-0.2, 0) is 4.79 Å². The van der Waals surface area contributed by atoms with Crippen molar-refractivity contribution in [1.82, 2.24) is 10.2 Å². The van der Waals surface area contributed by atoms with Gasteiger partial charge in [-0.25, -0.2) is 4.79 Å². The first-order valence-corrected chi connectivity index (χ1v) is 5.48. The van der Waals surface area contributed by atoms with E-state index in [-0.39, 0.29) is 10.8 Å². The van der Waals surface area contributed by atoms with E-state index >= 15 is 0 Å². The van der Waals surface area contributed by atoms with E-state index in [0.29, 0.717) is 17.7 Å². The number of carbonyl (C=O) groups excluding carboxylic acids is 1. The Morgan fingerprint density at radius 3 is 3.00 bits per heavy atom. The van der Waals surface area contributed by atoms with Crippen molar-refractivity contribution < 1.29 is 14.7 Å². The van der Waals surface area contributed by atoms with Crippen LogP contribution in [0.2, 0.25) is 0 Å². The Labute approximate surface area is 96.6 Å². The minimum absolute atomic E-state index is 0.00767. The molecule has 0 unspecified atom stereocenters. The Balaban J connectivity index is 2.53. The Kier molecular flexibility index (Phi) is 4.61. The van der Waals surface area contributed by atoms with Crippen LogP contribution in [0.15, 0.2) is 6.20 Å². The van der Waals surface area contributed by atoms with Crippen molar-refractivity contribution in [2.24, 2.45) is 0 Å². The number of carboxylic acids is 1. The molecule has 0 amide bonds. The number of aromatic amines is 1. The van der Waals surface area contributed by atoms with E-state index < -0.39 is 5.97 Å². The molecule has 0 aliphatic rings. The van der Waals surface area contributed by atoms with Crippen molar-refractivity contribution in [1.29, 1.82) is 0 Å². The van der Waals surface area contributed by atoms with E-state index in [1.54, 1.807) is 0 Å². The molecule has 0 aromatic carbocycles. The van der Waals surface area contributed by atoms with E-state index in [2.05, 4.69) is 22.0 Å². The van der Waals surface area contributed by atoms with Crippen LogP contribution in [0.4, 0.5) is 0 Å². The van der Waals surface area contributed by atoms with Gasteiger partial charge in [-0.05, 0) is 0 Å². The molecule has 1 rings (SSSR count).